The molecule has 1 heterocycles. The molecule has 5 heteroatoms. The van der Waals surface area contributed by atoms with Crippen LogP contribution in [0.15, 0.2) is 18.2 Å². The summed E-state index contributed by atoms with van der Waals surface area (Å²) in [5.74, 6) is 0.297. The Morgan fingerprint density at radius 1 is 1.38 bits per heavy atom. The Balaban J connectivity index is 2.12. The molecule has 1 aliphatic rings. The highest BCUT2D eigenvalue weighted by atomic mass is 19.4. The van der Waals surface area contributed by atoms with Crippen molar-refractivity contribution in [2.24, 2.45) is 5.41 Å². The molecular formula is C11H13F3N2. The van der Waals surface area contributed by atoms with Crippen LogP contribution in [0, 0.1) is 5.41 Å². The maximum atomic E-state index is 12.4. The summed E-state index contributed by atoms with van der Waals surface area (Å²) in [4.78, 5) is 3.55. The molecule has 0 aromatic carbocycles. The first-order valence-corrected chi connectivity index (χ1v) is 5.10. The molecule has 1 saturated carbocycles. The van der Waals surface area contributed by atoms with Gasteiger partial charge in [0.1, 0.15) is 11.5 Å². The number of alkyl halides is 3. The van der Waals surface area contributed by atoms with Gasteiger partial charge in [-0.25, -0.2) is 4.98 Å². The average molecular weight is 230 g/mol. The van der Waals surface area contributed by atoms with Crippen molar-refractivity contribution in [2.45, 2.75) is 32.5 Å². The van der Waals surface area contributed by atoms with Crippen LogP contribution in [0.3, 0.4) is 0 Å². The van der Waals surface area contributed by atoms with Gasteiger partial charge < -0.3 is 5.32 Å². The molecule has 1 aliphatic carbocycles. The quantitative estimate of drug-likeness (QED) is 0.843. The summed E-state index contributed by atoms with van der Waals surface area (Å²) in [6.07, 6.45) is -3.41. The van der Waals surface area contributed by atoms with Gasteiger partial charge in [-0.05, 0) is 24.0 Å². The number of rotatable bonds is 2. The highest BCUT2D eigenvalue weighted by molar-refractivity contribution is 5.40. The van der Waals surface area contributed by atoms with Crippen molar-refractivity contribution in [3.63, 3.8) is 0 Å². The van der Waals surface area contributed by atoms with Crippen LogP contribution in [0.25, 0.3) is 0 Å². The number of halogens is 3. The van der Waals surface area contributed by atoms with Crippen molar-refractivity contribution >= 4 is 5.82 Å². The minimum Gasteiger partial charge on any atom is -0.367 e. The van der Waals surface area contributed by atoms with Gasteiger partial charge in [-0.1, -0.05) is 19.9 Å². The van der Waals surface area contributed by atoms with Crippen LogP contribution in [-0.4, -0.2) is 11.0 Å². The van der Waals surface area contributed by atoms with Gasteiger partial charge in [0.2, 0.25) is 0 Å². The van der Waals surface area contributed by atoms with Gasteiger partial charge in [0.05, 0.1) is 0 Å². The summed E-state index contributed by atoms with van der Waals surface area (Å²) in [6.45, 7) is 4.14. The van der Waals surface area contributed by atoms with Crippen LogP contribution in [0.1, 0.15) is 26.0 Å². The van der Waals surface area contributed by atoms with E-state index in [1.807, 2.05) is 0 Å². The minimum atomic E-state index is -4.38. The summed E-state index contributed by atoms with van der Waals surface area (Å²) in [6, 6.07) is 4.13. The Hall–Kier alpha value is -1.26. The van der Waals surface area contributed by atoms with Gasteiger partial charge in [0, 0.05) is 6.04 Å². The highest BCUT2D eigenvalue weighted by Gasteiger charge is 2.46. The fraction of sp³-hybridized carbons (Fsp3) is 0.545. The molecule has 2 rings (SSSR count). The number of hydrogen-bond acceptors (Lipinski definition) is 2. The number of aromatic nitrogens is 1. The fourth-order valence-electron chi connectivity index (χ4n) is 1.57. The van der Waals surface area contributed by atoms with E-state index < -0.39 is 11.9 Å². The highest BCUT2D eigenvalue weighted by Crippen LogP contribution is 2.46. The molecular weight excluding hydrogens is 217 g/mol. The predicted molar refractivity (Wildman–Crippen MR) is 55.0 cm³/mol. The zero-order valence-corrected chi connectivity index (χ0v) is 9.10. The number of anilines is 1. The van der Waals surface area contributed by atoms with E-state index in [1.165, 1.54) is 6.07 Å². The lowest BCUT2D eigenvalue weighted by Gasteiger charge is -2.10. The molecule has 0 spiro atoms. The maximum absolute atomic E-state index is 12.4. The third kappa shape index (κ3) is 2.28. The minimum absolute atomic E-state index is 0.163. The van der Waals surface area contributed by atoms with E-state index in [1.54, 1.807) is 6.07 Å². The Bertz CT molecular complexity index is 398. The second-order valence-electron chi connectivity index (χ2n) is 4.80. The Morgan fingerprint density at radius 2 is 2.00 bits per heavy atom. The van der Waals surface area contributed by atoms with Crippen molar-refractivity contribution in [2.75, 3.05) is 5.32 Å². The number of nitrogens with one attached hydrogen (secondary N) is 1. The molecule has 0 aliphatic heterocycles. The topological polar surface area (TPSA) is 24.9 Å². The molecule has 88 valence electrons. The second-order valence-corrected chi connectivity index (χ2v) is 4.80. The SMILES string of the molecule is CC1(C)CC1Nc1cccc(C(F)(F)F)n1. The van der Waals surface area contributed by atoms with Crippen LogP contribution in [0.4, 0.5) is 19.0 Å². The standard InChI is InChI=1S/C11H13F3N2/c1-10(2)6-8(10)16-9-5-3-4-7(15-9)11(12,13)14/h3-5,8H,6H2,1-2H3,(H,15,16). The molecule has 1 unspecified atom stereocenters. The molecule has 1 atom stereocenters. The van der Waals surface area contributed by atoms with Crippen LogP contribution in [-0.2, 0) is 6.18 Å². The normalized spacial score (nSPS) is 22.9. The van der Waals surface area contributed by atoms with E-state index >= 15 is 0 Å². The van der Waals surface area contributed by atoms with Crippen molar-refractivity contribution in [1.82, 2.24) is 4.98 Å². The maximum Gasteiger partial charge on any atom is 0.433 e. The van der Waals surface area contributed by atoms with Gasteiger partial charge in [-0.2, -0.15) is 13.2 Å². The summed E-state index contributed by atoms with van der Waals surface area (Å²) >= 11 is 0. The molecule has 1 fully saturated rings. The number of pyridine rings is 1. The summed E-state index contributed by atoms with van der Waals surface area (Å²) in [5, 5.41) is 3.01. The lowest BCUT2D eigenvalue weighted by molar-refractivity contribution is -0.141. The lowest BCUT2D eigenvalue weighted by atomic mass is 10.2. The van der Waals surface area contributed by atoms with Crippen LogP contribution >= 0.6 is 0 Å². The Labute approximate surface area is 91.9 Å². The van der Waals surface area contributed by atoms with Crippen molar-refractivity contribution in [3.8, 4) is 0 Å². The fourth-order valence-corrected chi connectivity index (χ4v) is 1.57. The lowest BCUT2D eigenvalue weighted by Crippen LogP contribution is -2.13. The van der Waals surface area contributed by atoms with E-state index in [4.69, 9.17) is 0 Å². The van der Waals surface area contributed by atoms with Gasteiger partial charge in [0.15, 0.2) is 0 Å². The Morgan fingerprint density at radius 3 is 2.50 bits per heavy atom. The third-order valence-corrected chi connectivity index (χ3v) is 2.88. The van der Waals surface area contributed by atoms with E-state index in [-0.39, 0.29) is 11.5 Å². The monoisotopic (exact) mass is 230 g/mol. The second kappa shape index (κ2) is 3.37. The van der Waals surface area contributed by atoms with E-state index in [9.17, 15) is 13.2 Å². The van der Waals surface area contributed by atoms with E-state index in [0.29, 0.717) is 5.82 Å². The molecule has 1 aromatic heterocycles. The first kappa shape index (κ1) is 11.2. The predicted octanol–water partition coefficient (Wildman–Crippen LogP) is 3.31. The van der Waals surface area contributed by atoms with Gasteiger partial charge in [-0.3, -0.25) is 0 Å². The molecule has 0 radical (unpaired) electrons. The summed E-state index contributed by atoms with van der Waals surface area (Å²) < 4.78 is 37.1. The van der Waals surface area contributed by atoms with E-state index in [0.717, 1.165) is 12.5 Å². The molecule has 1 aromatic rings. The third-order valence-electron chi connectivity index (χ3n) is 2.88. The van der Waals surface area contributed by atoms with Crippen LogP contribution < -0.4 is 5.32 Å². The van der Waals surface area contributed by atoms with Crippen LogP contribution in [0.2, 0.25) is 0 Å². The molecule has 0 saturated heterocycles. The van der Waals surface area contributed by atoms with Gasteiger partial charge >= 0.3 is 6.18 Å². The van der Waals surface area contributed by atoms with Gasteiger partial charge in [-0.15, -0.1) is 0 Å². The largest absolute Gasteiger partial charge is 0.433 e. The summed E-state index contributed by atoms with van der Waals surface area (Å²) in [5.41, 5.74) is -0.688. The Kier molecular flexibility index (Phi) is 2.36. The van der Waals surface area contributed by atoms with Crippen molar-refractivity contribution in [3.05, 3.63) is 23.9 Å². The van der Waals surface area contributed by atoms with Gasteiger partial charge in [0.25, 0.3) is 0 Å². The number of hydrogen-bond donors (Lipinski definition) is 1. The first-order chi connectivity index (χ1) is 7.29. The number of nitrogens with zero attached hydrogens (tertiary/aromatic N) is 1. The summed E-state index contributed by atoms with van der Waals surface area (Å²) in [7, 11) is 0. The first-order valence-electron chi connectivity index (χ1n) is 5.10. The molecule has 16 heavy (non-hydrogen) atoms. The van der Waals surface area contributed by atoms with E-state index in [2.05, 4.69) is 24.1 Å². The molecule has 0 amide bonds. The smallest absolute Gasteiger partial charge is 0.367 e. The molecule has 0 bridgehead atoms. The van der Waals surface area contributed by atoms with Crippen molar-refractivity contribution < 1.29 is 13.2 Å². The molecule has 2 nitrogen and oxygen atoms in total. The van der Waals surface area contributed by atoms with Crippen LogP contribution in [0.5, 0.6) is 0 Å². The average Bonchev–Trinajstić information content (AvgIpc) is 2.72. The molecule has 1 N–H and O–H groups in total. The van der Waals surface area contributed by atoms with Crippen molar-refractivity contribution in [1.29, 1.82) is 0 Å². The zero-order chi connectivity index (χ0) is 12.0. The zero-order valence-electron chi connectivity index (χ0n) is 9.10.